The number of rotatable bonds is 9. The summed E-state index contributed by atoms with van der Waals surface area (Å²) in [5.74, 6) is -0.0142. The van der Waals surface area contributed by atoms with Gasteiger partial charge in [0.15, 0.2) is 0 Å². The molecule has 1 amide bonds. The van der Waals surface area contributed by atoms with Crippen LogP contribution < -0.4 is 10.0 Å². The Morgan fingerprint density at radius 3 is 2.52 bits per heavy atom. The van der Waals surface area contributed by atoms with Crippen LogP contribution in [0.4, 0.5) is 0 Å². The monoisotopic (exact) mass is 362 g/mol. The van der Waals surface area contributed by atoms with Crippen molar-refractivity contribution >= 4 is 26.7 Å². The van der Waals surface area contributed by atoms with E-state index in [1.165, 1.54) is 0 Å². The molecule has 0 saturated heterocycles. The summed E-state index contributed by atoms with van der Waals surface area (Å²) in [4.78, 5) is 12.0. The molecule has 0 saturated carbocycles. The molecule has 0 heterocycles. The van der Waals surface area contributed by atoms with Crippen LogP contribution in [0.5, 0.6) is 0 Å². The van der Waals surface area contributed by atoms with Crippen molar-refractivity contribution in [1.29, 1.82) is 0 Å². The van der Waals surface area contributed by atoms with Gasteiger partial charge in [-0.25, -0.2) is 13.1 Å². The lowest BCUT2D eigenvalue weighted by molar-refractivity contribution is -0.121. The minimum absolute atomic E-state index is 0.0142. The Bertz CT molecular complexity index is 811. The van der Waals surface area contributed by atoms with Gasteiger partial charge >= 0.3 is 0 Å². The van der Waals surface area contributed by atoms with E-state index in [9.17, 15) is 13.2 Å². The van der Waals surface area contributed by atoms with Crippen LogP contribution in [0.2, 0.25) is 0 Å². The van der Waals surface area contributed by atoms with E-state index in [0.29, 0.717) is 32.4 Å². The molecule has 2 rings (SSSR count). The van der Waals surface area contributed by atoms with Crippen LogP contribution in [0.3, 0.4) is 0 Å². The second-order valence-corrected chi connectivity index (χ2v) is 8.68. The Kier molecular flexibility index (Phi) is 6.96. The minimum atomic E-state index is -3.22. The van der Waals surface area contributed by atoms with E-state index in [0.717, 1.165) is 16.3 Å². The number of hydrogen-bond donors (Lipinski definition) is 2. The quantitative estimate of drug-likeness (QED) is 0.674. The van der Waals surface area contributed by atoms with Gasteiger partial charge in [0.2, 0.25) is 15.9 Å². The summed E-state index contributed by atoms with van der Waals surface area (Å²) in [5, 5.41) is 4.81. The predicted molar refractivity (Wildman–Crippen MR) is 102 cm³/mol. The van der Waals surface area contributed by atoms with Crippen LogP contribution in [0.25, 0.3) is 10.8 Å². The molecule has 136 valence electrons. The summed E-state index contributed by atoms with van der Waals surface area (Å²) in [5.41, 5.74) is 1.09. The SMILES string of the molecule is CC(C)S(=O)(=O)NCCCCC(=O)NCc1cccc2ccccc12. The number of carbonyl (C=O) groups is 1. The molecule has 0 aliphatic carbocycles. The molecule has 25 heavy (non-hydrogen) atoms. The number of benzene rings is 2. The van der Waals surface area contributed by atoms with Crippen molar-refractivity contribution in [2.75, 3.05) is 6.54 Å². The van der Waals surface area contributed by atoms with Crippen LogP contribution in [-0.2, 0) is 21.4 Å². The van der Waals surface area contributed by atoms with Gasteiger partial charge in [0, 0.05) is 19.5 Å². The van der Waals surface area contributed by atoms with Gasteiger partial charge in [-0.3, -0.25) is 4.79 Å². The highest BCUT2D eigenvalue weighted by molar-refractivity contribution is 7.90. The fraction of sp³-hybridized carbons (Fsp3) is 0.421. The van der Waals surface area contributed by atoms with Crippen LogP contribution in [0, 0.1) is 0 Å². The van der Waals surface area contributed by atoms with Crippen molar-refractivity contribution in [3.05, 3.63) is 48.0 Å². The second-order valence-electron chi connectivity index (χ2n) is 6.36. The lowest BCUT2D eigenvalue weighted by Crippen LogP contribution is -2.31. The standard InChI is InChI=1S/C19H26N2O3S/c1-15(2)25(23,24)21-13-6-5-12-19(22)20-14-17-10-7-9-16-8-3-4-11-18(16)17/h3-4,7-11,15,21H,5-6,12-14H2,1-2H3,(H,20,22). The summed E-state index contributed by atoms with van der Waals surface area (Å²) in [6.07, 6.45) is 1.70. The molecule has 6 heteroatoms. The zero-order chi connectivity index (χ0) is 18.3. The Hall–Kier alpha value is -1.92. The largest absolute Gasteiger partial charge is 0.352 e. The van der Waals surface area contributed by atoms with E-state index in [4.69, 9.17) is 0 Å². The van der Waals surface area contributed by atoms with Crippen molar-refractivity contribution in [3.63, 3.8) is 0 Å². The van der Waals surface area contributed by atoms with Gasteiger partial charge in [-0.2, -0.15) is 0 Å². The van der Waals surface area contributed by atoms with E-state index in [1.807, 2.05) is 24.3 Å². The van der Waals surface area contributed by atoms with Crippen molar-refractivity contribution in [2.24, 2.45) is 0 Å². The van der Waals surface area contributed by atoms with Crippen molar-refractivity contribution in [1.82, 2.24) is 10.0 Å². The number of unbranched alkanes of at least 4 members (excludes halogenated alkanes) is 1. The van der Waals surface area contributed by atoms with E-state index >= 15 is 0 Å². The zero-order valence-corrected chi connectivity index (χ0v) is 15.6. The van der Waals surface area contributed by atoms with Gasteiger partial charge in [-0.05, 0) is 43.0 Å². The third kappa shape index (κ3) is 5.83. The first-order chi connectivity index (χ1) is 11.9. The van der Waals surface area contributed by atoms with Gasteiger partial charge in [0.05, 0.1) is 5.25 Å². The average Bonchev–Trinajstić information content (AvgIpc) is 2.59. The number of sulfonamides is 1. The lowest BCUT2D eigenvalue weighted by Gasteiger charge is -2.10. The third-order valence-corrected chi connectivity index (χ3v) is 5.96. The molecule has 2 N–H and O–H groups in total. The maximum Gasteiger partial charge on any atom is 0.220 e. The molecule has 0 radical (unpaired) electrons. The van der Waals surface area contributed by atoms with E-state index in [2.05, 4.69) is 28.2 Å². The normalized spacial score (nSPS) is 11.8. The van der Waals surface area contributed by atoms with Crippen LogP contribution >= 0.6 is 0 Å². The smallest absolute Gasteiger partial charge is 0.220 e. The maximum absolute atomic E-state index is 12.0. The number of fused-ring (bicyclic) bond motifs is 1. The van der Waals surface area contributed by atoms with Gasteiger partial charge < -0.3 is 5.32 Å². The van der Waals surface area contributed by atoms with Crippen molar-refractivity contribution in [3.8, 4) is 0 Å². The summed E-state index contributed by atoms with van der Waals surface area (Å²) >= 11 is 0. The van der Waals surface area contributed by atoms with Crippen LogP contribution in [0.15, 0.2) is 42.5 Å². The number of amides is 1. The topological polar surface area (TPSA) is 75.3 Å². The average molecular weight is 362 g/mol. The van der Waals surface area contributed by atoms with Crippen molar-refractivity contribution < 1.29 is 13.2 Å². The molecular formula is C19H26N2O3S. The van der Waals surface area contributed by atoms with E-state index in [1.54, 1.807) is 13.8 Å². The lowest BCUT2D eigenvalue weighted by atomic mass is 10.0. The summed E-state index contributed by atoms with van der Waals surface area (Å²) < 4.78 is 25.8. The Morgan fingerprint density at radius 2 is 1.76 bits per heavy atom. The molecule has 0 bridgehead atoms. The first-order valence-corrected chi connectivity index (χ1v) is 10.2. The first-order valence-electron chi connectivity index (χ1n) is 8.62. The van der Waals surface area contributed by atoms with Gasteiger partial charge in [0.25, 0.3) is 0 Å². The molecule has 0 spiro atoms. The first kappa shape index (κ1) is 19.4. The molecule has 2 aromatic carbocycles. The second kappa shape index (κ2) is 8.97. The molecule has 5 nitrogen and oxygen atoms in total. The molecular weight excluding hydrogens is 336 g/mol. The Morgan fingerprint density at radius 1 is 1.04 bits per heavy atom. The van der Waals surface area contributed by atoms with Crippen molar-refractivity contribution in [2.45, 2.75) is 44.9 Å². The fourth-order valence-electron chi connectivity index (χ4n) is 2.52. The Balaban J connectivity index is 1.72. The highest BCUT2D eigenvalue weighted by Gasteiger charge is 2.14. The molecule has 0 aromatic heterocycles. The molecule has 0 fully saturated rings. The third-order valence-electron chi connectivity index (χ3n) is 4.11. The summed E-state index contributed by atoms with van der Waals surface area (Å²) in [7, 11) is -3.22. The van der Waals surface area contributed by atoms with Gasteiger partial charge in [0.1, 0.15) is 0 Å². The molecule has 0 aliphatic heterocycles. The molecule has 2 aromatic rings. The summed E-state index contributed by atoms with van der Waals surface area (Å²) in [6.45, 7) is 4.16. The molecule has 0 atom stereocenters. The maximum atomic E-state index is 12.0. The minimum Gasteiger partial charge on any atom is -0.352 e. The molecule has 0 unspecified atom stereocenters. The molecule has 0 aliphatic rings. The predicted octanol–water partition coefficient (Wildman–Crippen LogP) is 2.95. The van der Waals surface area contributed by atoms with Crippen LogP contribution in [-0.4, -0.2) is 26.1 Å². The highest BCUT2D eigenvalue weighted by Crippen LogP contribution is 2.18. The Labute approximate surface area is 149 Å². The zero-order valence-electron chi connectivity index (χ0n) is 14.8. The van der Waals surface area contributed by atoms with Gasteiger partial charge in [-0.1, -0.05) is 42.5 Å². The van der Waals surface area contributed by atoms with E-state index < -0.39 is 15.3 Å². The summed E-state index contributed by atoms with van der Waals surface area (Å²) in [6, 6.07) is 14.2. The fourth-order valence-corrected chi connectivity index (χ4v) is 3.28. The number of hydrogen-bond acceptors (Lipinski definition) is 3. The van der Waals surface area contributed by atoms with E-state index in [-0.39, 0.29) is 5.91 Å². The van der Waals surface area contributed by atoms with Gasteiger partial charge in [-0.15, -0.1) is 0 Å². The number of carbonyl (C=O) groups excluding carboxylic acids is 1. The highest BCUT2D eigenvalue weighted by atomic mass is 32.2. The van der Waals surface area contributed by atoms with Crippen LogP contribution in [0.1, 0.15) is 38.7 Å². The number of nitrogens with one attached hydrogen (secondary N) is 2.